The molecule has 18 unspecified atom stereocenters. The number of phosphoric ester groups is 1. The van der Waals surface area contributed by atoms with Gasteiger partial charge in [-0.15, -0.1) is 0 Å². The fourth-order valence-corrected chi connectivity index (χ4v) is 13.4. The van der Waals surface area contributed by atoms with Crippen LogP contribution >= 0.6 is 7.82 Å². The Bertz CT molecular complexity index is 2120. The van der Waals surface area contributed by atoms with E-state index >= 15 is 0 Å². The topological polar surface area (TPSA) is 374 Å². The first-order valence-electron chi connectivity index (χ1n) is 38.1. The van der Waals surface area contributed by atoms with Crippen molar-refractivity contribution in [2.24, 2.45) is 0 Å². The lowest BCUT2D eigenvalue weighted by molar-refractivity contribution is -0.360. The monoisotopic (exact) mass is 1420 g/mol. The van der Waals surface area contributed by atoms with Gasteiger partial charge in [-0.2, -0.15) is 0 Å². The highest BCUT2D eigenvalue weighted by atomic mass is 31.2. The zero-order chi connectivity index (χ0) is 71.8. The van der Waals surface area contributed by atoms with Crippen LogP contribution in [-0.2, 0) is 61.2 Å². The minimum Gasteiger partial charge on any atom is -0.463 e. The zero-order valence-electron chi connectivity index (χ0n) is 59.8. The highest BCUT2D eigenvalue weighted by molar-refractivity contribution is 7.47. The van der Waals surface area contributed by atoms with Gasteiger partial charge in [0.15, 0.2) is 18.7 Å². The van der Waals surface area contributed by atoms with Crippen LogP contribution in [0.3, 0.4) is 0 Å². The Morgan fingerprint density at radius 1 is 0.388 bits per heavy atom. The van der Waals surface area contributed by atoms with Crippen molar-refractivity contribution < 1.29 is 117 Å². The summed E-state index contributed by atoms with van der Waals surface area (Å²) in [4.78, 5) is 51.0. The Labute approximate surface area is 585 Å². The second kappa shape index (κ2) is 55.0. The van der Waals surface area contributed by atoms with Gasteiger partial charge in [-0.25, -0.2) is 4.57 Å². The van der Waals surface area contributed by atoms with Crippen LogP contribution in [0.25, 0.3) is 0 Å². The standard InChI is InChI=1S/C73H133O24P/c1-4-7-10-13-16-19-22-25-28-31-33-36-39-42-45-48-58(76)90-53-56-61(79)63(81)68(86)73(94-56)96-70-66(84)64(82)65(83)69(95-72-67(85)62(80)60(78)55(50-74)93-72)71(70)97-98(87,88)91-52-54(92-59(77)49-46-43-40-37-34-30-27-24-21-18-15-12-9-6-3)51-89-57(75)47-44-41-38-35-32-29-26-23-20-17-14-11-8-5-2/h19,22,30,34,54-56,60-74,78-86H,4-18,20-21,23-29,31-33,35-53H2,1-3H3,(H,87,88)/b22-19-,34-30-. The first-order chi connectivity index (χ1) is 47.3. The summed E-state index contributed by atoms with van der Waals surface area (Å²) in [5.41, 5.74) is 0. The molecule has 3 rings (SSSR count). The van der Waals surface area contributed by atoms with E-state index in [1.807, 2.05) is 0 Å². The number of carbonyl (C=O) groups excluding carboxylic acids is 3. The fraction of sp³-hybridized carbons (Fsp3) is 0.904. The molecule has 25 heteroatoms. The summed E-state index contributed by atoms with van der Waals surface area (Å²) in [5.74, 6) is -2.01. The first kappa shape index (κ1) is 89.7. The number of allylic oxidation sites excluding steroid dienone is 4. The third-order valence-electron chi connectivity index (χ3n) is 18.7. The second-order valence-electron chi connectivity index (χ2n) is 27.4. The number of phosphoric acid groups is 1. The van der Waals surface area contributed by atoms with E-state index in [1.54, 1.807) is 0 Å². The Hall–Kier alpha value is -2.56. The van der Waals surface area contributed by atoms with E-state index in [1.165, 1.54) is 116 Å². The minimum atomic E-state index is -5.70. The molecule has 0 aromatic carbocycles. The normalized spacial score (nSPS) is 27.7. The van der Waals surface area contributed by atoms with Crippen molar-refractivity contribution in [3.63, 3.8) is 0 Å². The molecule has 0 radical (unpaired) electrons. The molecule has 2 heterocycles. The number of hydrogen-bond acceptors (Lipinski definition) is 23. The van der Waals surface area contributed by atoms with Gasteiger partial charge in [0.05, 0.1) is 13.2 Å². The van der Waals surface area contributed by atoms with Gasteiger partial charge in [0.1, 0.15) is 98.7 Å². The van der Waals surface area contributed by atoms with E-state index in [0.29, 0.717) is 25.7 Å². The quantitative estimate of drug-likeness (QED) is 0.00886. The lowest BCUT2D eigenvalue weighted by atomic mass is 9.84. The fourth-order valence-electron chi connectivity index (χ4n) is 12.5. The molecule has 11 N–H and O–H groups in total. The molecule has 0 bridgehead atoms. The molecular formula is C73H133O24P. The van der Waals surface area contributed by atoms with E-state index < -0.39 is 156 Å². The van der Waals surface area contributed by atoms with E-state index in [-0.39, 0.29) is 19.3 Å². The molecule has 3 fully saturated rings. The predicted octanol–water partition coefficient (Wildman–Crippen LogP) is 10.5. The van der Waals surface area contributed by atoms with Crippen LogP contribution in [0.15, 0.2) is 24.3 Å². The molecule has 0 aromatic heterocycles. The summed E-state index contributed by atoms with van der Waals surface area (Å²) < 4.78 is 65.0. The minimum absolute atomic E-state index is 0.0230. The highest BCUT2D eigenvalue weighted by Crippen LogP contribution is 2.49. The van der Waals surface area contributed by atoms with E-state index in [2.05, 4.69) is 45.1 Å². The zero-order valence-corrected chi connectivity index (χ0v) is 60.7. The molecular weight excluding hydrogens is 1290 g/mol. The van der Waals surface area contributed by atoms with Crippen molar-refractivity contribution in [1.82, 2.24) is 0 Å². The van der Waals surface area contributed by atoms with Gasteiger partial charge in [0, 0.05) is 19.3 Å². The summed E-state index contributed by atoms with van der Waals surface area (Å²) in [6.45, 7) is 3.42. The SMILES string of the molecule is CCCCCC/C=C\CCCCCCCCCC(=O)OCC1OC(OC2C(O)C(O)C(O)C(OC3OC(CO)C(O)C(O)C3O)C2OP(=O)(O)OCC(COC(=O)CCCCCCCCCCCCCCCC)OC(=O)CCCCC/C=C\CCCCCCCCC)C(O)C(O)C1O. The lowest BCUT2D eigenvalue weighted by Crippen LogP contribution is -2.69. The van der Waals surface area contributed by atoms with Gasteiger partial charge < -0.3 is 89.1 Å². The summed E-state index contributed by atoms with van der Waals surface area (Å²) >= 11 is 0. The first-order valence-corrected chi connectivity index (χ1v) is 39.6. The van der Waals surface area contributed by atoms with Crippen LogP contribution in [0.5, 0.6) is 0 Å². The van der Waals surface area contributed by atoms with E-state index in [0.717, 1.165) is 109 Å². The average Bonchev–Trinajstić information content (AvgIpc) is 0.718. The van der Waals surface area contributed by atoms with Crippen molar-refractivity contribution in [2.75, 3.05) is 26.4 Å². The molecule has 2 aliphatic heterocycles. The van der Waals surface area contributed by atoms with Crippen molar-refractivity contribution in [3.05, 3.63) is 24.3 Å². The molecule has 2 saturated heterocycles. The molecule has 1 saturated carbocycles. The average molecular weight is 1430 g/mol. The molecule has 0 spiro atoms. The predicted molar refractivity (Wildman–Crippen MR) is 370 cm³/mol. The van der Waals surface area contributed by atoms with Crippen LogP contribution in [-0.4, -0.2) is 204 Å². The van der Waals surface area contributed by atoms with Crippen LogP contribution in [0, 0.1) is 0 Å². The molecule has 98 heavy (non-hydrogen) atoms. The summed E-state index contributed by atoms with van der Waals surface area (Å²) in [5, 5.41) is 110. The summed E-state index contributed by atoms with van der Waals surface area (Å²) in [6, 6.07) is 0. The van der Waals surface area contributed by atoms with Gasteiger partial charge in [-0.05, 0) is 70.6 Å². The van der Waals surface area contributed by atoms with Crippen LogP contribution in [0.1, 0.15) is 290 Å². The summed E-state index contributed by atoms with van der Waals surface area (Å²) in [6.07, 6.45) is 15.3. The van der Waals surface area contributed by atoms with Crippen LogP contribution in [0.2, 0.25) is 0 Å². The number of hydrogen-bond donors (Lipinski definition) is 11. The number of ether oxygens (including phenoxy) is 7. The third-order valence-corrected chi connectivity index (χ3v) is 19.7. The summed E-state index contributed by atoms with van der Waals surface area (Å²) in [7, 11) is -5.70. The van der Waals surface area contributed by atoms with Crippen molar-refractivity contribution in [2.45, 2.75) is 395 Å². The van der Waals surface area contributed by atoms with Crippen molar-refractivity contribution in [3.8, 4) is 0 Å². The molecule has 3 aliphatic rings. The number of rotatable bonds is 59. The number of aliphatic hydroxyl groups excluding tert-OH is 10. The Kier molecular flexibility index (Phi) is 50.3. The lowest BCUT2D eigenvalue weighted by Gasteiger charge is -2.49. The number of aliphatic hydroxyl groups is 10. The largest absolute Gasteiger partial charge is 0.472 e. The van der Waals surface area contributed by atoms with Gasteiger partial charge in [-0.3, -0.25) is 23.4 Å². The second-order valence-corrected chi connectivity index (χ2v) is 28.8. The Morgan fingerprint density at radius 2 is 0.714 bits per heavy atom. The molecule has 0 amide bonds. The molecule has 18 atom stereocenters. The molecule has 574 valence electrons. The smallest absolute Gasteiger partial charge is 0.463 e. The maximum absolute atomic E-state index is 14.3. The Balaban J connectivity index is 1.73. The van der Waals surface area contributed by atoms with Gasteiger partial charge in [-0.1, -0.05) is 225 Å². The highest BCUT2D eigenvalue weighted by Gasteiger charge is 2.58. The Morgan fingerprint density at radius 3 is 1.12 bits per heavy atom. The number of esters is 3. The van der Waals surface area contributed by atoms with Crippen molar-refractivity contribution in [1.29, 1.82) is 0 Å². The maximum atomic E-state index is 14.3. The van der Waals surface area contributed by atoms with Gasteiger partial charge in [0.2, 0.25) is 0 Å². The maximum Gasteiger partial charge on any atom is 0.472 e. The van der Waals surface area contributed by atoms with Crippen molar-refractivity contribution >= 4 is 25.7 Å². The number of carbonyl (C=O) groups is 3. The van der Waals surface area contributed by atoms with Crippen LogP contribution in [0.4, 0.5) is 0 Å². The molecule has 1 aliphatic carbocycles. The van der Waals surface area contributed by atoms with Gasteiger partial charge in [0.25, 0.3) is 0 Å². The van der Waals surface area contributed by atoms with Gasteiger partial charge >= 0.3 is 25.7 Å². The molecule has 0 aromatic rings. The number of unbranched alkanes of at least 4 members (excludes halogenated alkanes) is 34. The third kappa shape index (κ3) is 37.7. The van der Waals surface area contributed by atoms with Crippen LogP contribution < -0.4 is 0 Å². The van der Waals surface area contributed by atoms with E-state index in [9.17, 15) is 74.9 Å². The van der Waals surface area contributed by atoms with E-state index in [4.69, 9.17) is 42.2 Å². The molecule has 24 nitrogen and oxygen atoms in total.